The van der Waals surface area contributed by atoms with Crippen LogP contribution in [0.1, 0.15) is 54.6 Å². The second-order valence-corrected chi connectivity index (χ2v) is 4.36. The Morgan fingerprint density at radius 3 is 2.36 bits per heavy atom. The molecular weight excluding hydrogens is 132 g/mol. The lowest BCUT2D eigenvalue weighted by molar-refractivity contribution is 0.135. The lowest BCUT2D eigenvalue weighted by Crippen LogP contribution is -2.26. The van der Waals surface area contributed by atoms with Crippen molar-refractivity contribution >= 4 is 0 Å². The fourth-order valence-corrected chi connectivity index (χ4v) is 2.97. The molecule has 2 atom stereocenters. The number of rotatable bonds is 1. The zero-order chi connectivity index (χ0) is 9.47. The zero-order valence-corrected chi connectivity index (χ0v) is 7.47. The van der Waals surface area contributed by atoms with E-state index in [0.717, 1.165) is 24.7 Å². The molecule has 0 N–H and O–H groups in total. The summed E-state index contributed by atoms with van der Waals surface area (Å²) < 4.78 is 15.5. The van der Waals surface area contributed by atoms with E-state index >= 15 is 0 Å². The van der Waals surface area contributed by atoms with E-state index in [0.29, 0.717) is 5.92 Å². The summed E-state index contributed by atoms with van der Waals surface area (Å²) in [4.78, 5) is 0. The molecule has 0 aromatic heterocycles. The molecule has 0 amide bonds. The molecule has 0 spiro atoms. The second kappa shape index (κ2) is 3.16. The Hall–Kier alpha value is 0. The summed E-state index contributed by atoms with van der Waals surface area (Å²) in [6.45, 7) is 1.76. The van der Waals surface area contributed by atoms with Gasteiger partial charge in [-0.15, -0.1) is 0 Å². The monoisotopic (exact) mass is 154 g/mol. The van der Waals surface area contributed by atoms with Gasteiger partial charge in [0.1, 0.15) is 0 Å². The van der Waals surface area contributed by atoms with Crippen LogP contribution in [0.3, 0.4) is 0 Å². The molecule has 2 fully saturated rings. The Morgan fingerprint density at radius 1 is 1.18 bits per heavy atom. The third kappa shape index (κ3) is 1.60. The molecule has 2 aliphatic carbocycles. The van der Waals surface area contributed by atoms with Crippen molar-refractivity contribution in [3.63, 3.8) is 0 Å². The minimum Gasteiger partial charge on any atom is -0.0651 e. The summed E-state index contributed by atoms with van der Waals surface area (Å²) in [6, 6.07) is 0. The van der Waals surface area contributed by atoms with Crippen molar-refractivity contribution in [3.8, 4) is 0 Å². The minimum atomic E-state index is -0.936. The van der Waals surface area contributed by atoms with Gasteiger partial charge in [-0.25, -0.2) is 0 Å². The maximum Gasteiger partial charge on any atom is 0.0267 e. The van der Waals surface area contributed by atoms with Gasteiger partial charge in [-0.3, -0.25) is 0 Å². The molecule has 0 saturated heterocycles. The molecule has 2 unspecified atom stereocenters. The van der Waals surface area contributed by atoms with E-state index in [1.165, 1.54) is 25.7 Å². The van der Waals surface area contributed by atoms with Gasteiger partial charge in [-0.2, -0.15) is 0 Å². The summed E-state index contributed by atoms with van der Waals surface area (Å²) in [5, 5.41) is 0. The molecule has 64 valence electrons. The summed E-state index contributed by atoms with van der Waals surface area (Å²) in [7, 11) is 0. The van der Waals surface area contributed by atoms with Gasteiger partial charge in [-0.1, -0.05) is 32.6 Å². The van der Waals surface area contributed by atoms with Crippen LogP contribution in [0.2, 0.25) is 0 Å². The number of fused-ring (bicyclic) bond motifs is 2. The predicted octanol–water partition coefficient (Wildman–Crippen LogP) is 3.61. The Labute approximate surface area is 73.2 Å². The summed E-state index contributed by atoms with van der Waals surface area (Å²) in [5.74, 6) is 2.05. The van der Waals surface area contributed by atoms with Crippen LogP contribution in [0.4, 0.5) is 0 Å². The molecule has 11 heavy (non-hydrogen) atoms. The topological polar surface area (TPSA) is 0 Å². The lowest BCUT2D eigenvalue weighted by Gasteiger charge is -2.38. The number of hydrogen-bond donors (Lipinski definition) is 0. The molecule has 0 aromatic carbocycles. The maximum atomic E-state index is 7.77. The first kappa shape index (κ1) is 5.61. The smallest absolute Gasteiger partial charge is 0.0267 e. The van der Waals surface area contributed by atoms with Crippen LogP contribution in [-0.4, -0.2) is 0 Å². The van der Waals surface area contributed by atoms with Crippen molar-refractivity contribution < 1.29 is 2.74 Å². The van der Waals surface area contributed by atoms with Crippen LogP contribution < -0.4 is 0 Å². The first-order chi connectivity index (χ1) is 6.05. The van der Waals surface area contributed by atoms with E-state index in [-0.39, 0.29) is 0 Å². The lowest BCUT2D eigenvalue weighted by atomic mass is 9.67. The maximum absolute atomic E-state index is 7.77. The highest BCUT2D eigenvalue weighted by atomic mass is 14.4. The van der Waals surface area contributed by atoms with Crippen LogP contribution in [0, 0.1) is 17.8 Å². The molecule has 0 heteroatoms. The Morgan fingerprint density at radius 2 is 1.82 bits per heavy atom. The van der Waals surface area contributed by atoms with E-state index in [1.807, 2.05) is 0 Å². The van der Waals surface area contributed by atoms with Crippen molar-refractivity contribution in [1.82, 2.24) is 0 Å². The molecular formula is C11H20. The van der Waals surface area contributed by atoms with E-state index in [4.69, 9.17) is 2.74 Å². The third-order valence-electron chi connectivity index (χ3n) is 3.54. The fourth-order valence-electron chi connectivity index (χ4n) is 2.97. The van der Waals surface area contributed by atoms with Gasteiger partial charge in [0.2, 0.25) is 0 Å². The van der Waals surface area contributed by atoms with Crippen LogP contribution >= 0.6 is 0 Å². The highest BCUT2D eigenvalue weighted by Gasteiger charge is 2.30. The third-order valence-corrected chi connectivity index (χ3v) is 3.54. The Balaban J connectivity index is 2.01. The van der Waals surface area contributed by atoms with Gasteiger partial charge in [0.15, 0.2) is 0 Å². The van der Waals surface area contributed by atoms with E-state index < -0.39 is 6.37 Å². The van der Waals surface area contributed by atoms with Crippen molar-refractivity contribution in [2.24, 2.45) is 17.8 Å². The van der Waals surface area contributed by atoms with Gasteiger partial charge in [0.05, 0.1) is 0 Å². The van der Waals surface area contributed by atoms with Crippen molar-refractivity contribution in [2.75, 3.05) is 0 Å². The largest absolute Gasteiger partial charge is 0.0651 e. The molecule has 0 heterocycles. The zero-order valence-electron chi connectivity index (χ0n) is 9.47. The molecule has 2 saturated carbocycles. The molecule has 2 rings (SSSR count). The average molecular weight is 154 g/mol. The standard InChI is InChI=1S/C11H20/c1-2-9-6-10-4-3-5-11(7-9)8-10/h9-11H,2-8H2,1H3/i2D2. The van der Waals surface area contributed by atoms with Crippen molar-refractivity contribution in [2.45, 2.75) is 51.8 Å². The van der Waals surface area contributed by atoms with Gasteiger partial charge < -0.3 is 0 Å². The molecule has 2 aliphatic rings. The molecule has 0 aliphatic heterocycles. The van der Waals surface area contributed by atoms with Crippen molar-refractivity contribution in [3.05, 3.63) is 0 Å². The van der Waals surface area contributed by atoms with Gasteiger partial charge in [0, 0.05) is 2.74 Å². The van der Waals surface area contributed by atoms with Gasteiger partial charge >= 0.3 is 0 Å². The summed E-state index contributed by atoms with van der Waals surface area (Å²) >= 11 is 0. The first-order valence-electron chi connectivity index (χ1n) is 6.05. The van der Waals surface area contributed by atoms with E-state index in [2.05, 4.69) is 0 Å². The Kier molecular flexibility index (Phi) is 1.61. The number of hydrogen-bond acceptors (Lipinski definition) is 0. The SMILES string of the molecule is [2H]C([2H])(C)C1CC2CCCC(C2)C1. The summed E-state index contributed by atoms with van der Waals surface area (Å²) in [6.07, 6.45) is 6.89. The van der Waals surface area contributed by atoms with Crippen LogP contribution in [0.5, 0.6) is 0 Å². The summed E-state index contributed by atoms with van der Waals surface area (Å²) in [5.41, 5.74) is 0. The predicted molar refractivity (Wildman–Crippen MR) is 48.5 cm³/mol. The highest BCUT2D eigenvalue weighted by molar-refractivity contribution is 4.82. The van der Waals surface area contributed by atoms with Crippen LogP contribution in [0.15, 0.2) is 0 Å². The molecule has 0 radical (unpaired) electrons. The molecule has 0 aromatic rings. The first-order valence-corrected chi connectivity index (χ1v) is 5.05. The van der Waals surface area contributed by atoms with Gasteiger partial charge in [0.25, 0.3) is 0 Å². The second-order valence-electron chi connectivity index (χ2n) is 4.36. The van der Waals surface area contributed by atoms with Crippen LogP contribution in [0.25, 0.3) is 0 Å². The molecule has 2 bridgehead atoms. The average Bonchev–Trinajstić information content (AvgIpc) is 2.01. The highest BCUT2D eigenvalue weighted by Crippen LogP contribution is 2.43. The van der Waals surface area contributed by atoms with Gasteiger partial charge in [-0.05, 0) is 37.0 Å². The van der Waals surface area contributed by atoms with E-state index in [9.17, 15) is 0 Å². The van der Waals surface area contributed by atoms with E-state index in [1.54, 1.807) is 6.92 Å². The van der Waals surface area contributed by atoms with Crippen LogP contribution in [-0.2, 0) is 0 Å². The normalized spacial score (nSPS) is 47.9. The van der Waals surface area contributed by atoms with Crippen molar-refractivity contribution in [1.29, 1.82) is 0 Å². The molecule has 0 nitrogen and oxygen atoms in total. The minimum absolute atomic E-state index is 0.344. The Bertz CT molecular complexity index is 171. The quantitative estimate of drug-likeness (QED) is 0.541. The fraction of sp³-hybridized carbons (Fsp3) is 1.00.